The molecule has 0 saturated heterocycles. The number of hydrogen-bond donors (Lipinski definition) is 0. The van der Waals surface area contributed by atoms with Crippen LogP contribution < -0.4 is 15.0 Å². The van der Waals surface area contributed by atoms with Crippen molar-refractivity contribution in [2.45, 2.75) is 45.6 Å². The molecule has 0 aliphatic carbocycles. The normalized spacial score (nSPS) is 10.9. The lowest BCUT2D eigenvalue weighted by Gasteiger charge is -2.15. The lowest BCUT2D eigenvalue weighted by molar-refractivity contribution is 0.0983. The van der Waals surface area contributed by atoms with Crippen molar-refractivity contribution in [2.75, 3.05) is 14.2 Å². The third-order valence-electron chi connectivity index (χ3n) is 5.38. The van der Waals surface area contributed by atoms with Crippen molar-refractivity contribution in [2.24, 2.45) is 0 Å². The highest BCUT2D eigenvalue weighted by atomic mass is 16.5. The Morgan fingerprint density at radius 1 is 0.967 bits per heavy atom. The van der Waals surface area contributed by atoms with Gasteiger partial charge in [0.2, 0.25) is 0 Å². The number of methoxy groups -OCH3 is 2. The summed E-state index contributed by atoms with van der Waals surface area (Å²) in [7, 11) is 3.09. The molecule has 0 aliphatic heterocycles. The Morgan fingerprint density at radius 2 is 1.63 bits per heavy atom. The summed E-state index contributed by atoms with van der Waals surface area (Å²) in [5.74, 6) is 1.00. The van der Waals surface area contributed by atoms with E-state index in [1.165, 1.54) is 0 Å². The largest absolute Gasteiger partial charge is 0.493 e. The fraction of sp³-hybridized carbons (Fsp3) is 0.360. The molecule has 0 fully saturated rings. The van der Waals surface area contributed by atoms with Crippen LogP contribution in [0.2, 0.25) is 0 Å². The molecule has 3 aromatic rings. The lowest BCUT2D eigenvalue weighted by atomic mass is 9.98. The number of aryl methyl sites for hydroxylation is 2. The molecular weight excluding hydrogens is 378 g/mol. The standard InChI is InChI=1S/C25H29NO4/c1-4-5-9-14-26-17-21(22(27)13-12-18-10-7-6-8-11-18)19-15-23(29-2)24(30-3)16-20(19)25(26)28/h6-8,10-11,15-17H,4-5,9,12-14H2,1-3H3. The number of unbranched alkanes of at least 4 members (excludes halogenated alkanes) is 2. The van der Waals surface area contributed by atoms with E-state index in [1.807, 2.05) is 30.3 Å². The first-order chi connectivity index (χ1) is 14.6. The summed E-state index contributed by atoms with van der Waals surface area (Å²) in [6.45, 7) is 2.72. The SMILES string of the molecule is CCCCCn1cc(C(=O)CCc2ccccc2)c2cc(OC)c(OC)cc2c1=O. The van der Waals surface area contributed by atoms with Crippen LogP contribution in [-0.2, 0) is 13.0 Å². The second kappa shape index (κ2) is 10.1. The predicted molar refractivity (Wildman–Crippen MR) is 120 cm³/mol. The number of pyridine rings is 1. The zero-order valence-corrected chi connectivity index (χ0v) is 17.9. The smallest absolute Gasteiger partial charge is 0.258 e. The van der Waals surface area contributed by atoms with Crippen molar-refractivity contribution in [3.8, 4) is 11.5 Å². The van der Waals surface area contributed by atoms with Gasteiger partial charge in [-0.1, -0.05) is 50.1 Å². The summed E-state index contributed by atoms with van der Waals surface area (Å²) in [5.41, 5.74) is 1.56. The highest BCUT2D eigenvalue weighted by molar-refractivity contribution is 6.08. The number of benzene rings is 2. The Balaban J connectivity index is 2.05. The average Bonchev–Trinajstić information content (AvgIpc) is 2.78. The van der Waals surface area contributed by atoms with Gasteiger partial charge in [-0.25, -0.2) is 0 Å². The predicted octanol–water partition coefficient (Wildman–Crippen LogP) is 5.02. The minimum Gasteiger partial charge on any atom is -0.493 e. The van der Waals surface area contributed by atoms with E-state index in [4.69, 9.17) is 9.47 Å². The van der Waals surface area contributed by atoms with Crippen molar-refractivity contribution >= 4 is 16.6 Å². The first-order valence-corrected chi connectivity index (χ1v) is 10.4. The first kappa shape index (κ1) is 21.6. The minimum atomic E-state index is -0.110. The summed E-state index contributed by atoms with van der Waals surface area (Å²) in [6, 6.07) is 13.4. The molecule has 5 heteroatoms. The van der Waals surface area contributed by atoms with Crippen LogP contribution in [0.5, 0.6) is 11.5 Å². The van der Waals surface area contributed by atoms with Gasteiger partial charge in [-0.15, -0.1) is 0 Å². The molecule has 3 rings (SSSR count). The molecule has 1 aromatic heterocycles. The Morgan fingerprint density at radius 3 is 2.27 bits per heavy atom. The van der Waals surface area contributed by atoms with Gasteiger partial charge in [0.1, 0.15) is 0 Å². The summed E-state index contributed by atoms with van der Waals surface area (Å²) in [5, 5.41) is 1.09. The van der Waals surface area contributed by atoms with Crippen molar-refractivity contribution in [3.05, 3.63) is 70.1 Å². The number of carbonyl (C=O) groups is 1. The van der Waals surface area contributed by atoms with Gasteiger partial charge < -0.3 is 14.0 Å². The van der Waals surface area contributed by atoms with E-state index in [0.717, 1.165) is 24.8 Å². The number of nitrogens with zero attached hydrogens (tertiary/aromatic N) is 1. The highest BCUT2D eigenvalue weighted by Crippen LogP contribution is 2.32. The maximum atomic E-state index is 13.2. The number of ether oxygens (including phenoxy) is 2. The number of aromatic nitrogens is 1. The van der Waals surface area contributed by atoms with Gasteiger partial charge in [-0.3, -0.25) is 9.59 Å². The first-order valence-electron chi connectivity index (χ1n) is 10.4. The summed E-state index contributed by atoms with van der Waals surface area (Å²) in [6.07, 6.45) is 5.75. The fourth-order valence-corrected chi connectivity index (χ4v) is 3.68. The zero-order chi connectivity index (χ0) is 21.5. The van der Waals surface area contributed by atoms with Crippen LogP contribution >= 0.6 is 0 Å². The Bertz CT molecular complexity index is 1070. The van der Waals surface area contributed by atoms with E-state index in [2.05, 4.69) is 6.92 Å². The molecule has 1 heterocycles. The van der Waals surface area contributed by atoms with Crippen molar-refractivity contribution in [1.82, 2.24) is 4.57 Å². The van der Waals surface area contributed by atoms with Crippen LogP contribution in [0.3, 0.4) is 0 Å². The Kier molecular flexibility index (Phi) is 7.28. The zero-order valence-electron chi connectivity index (χ0n) is 17.9. The van der Waals surface area contributed by atoms with Crippen molar-refractivity contribution < 1.29 is 14.3 Å². The molecule has 0 atom stereocenters. The van der Waals surface area contributed by atoms with Crippen LogP contribution in [-0.4, -0.2) is 24.6 Å². The van der Waals surface area contributed by atoms with E-state index in [-0.39, 0.29) is 11.3 Å². The molecule has 0 saturated carbocycles. The van der Waals surface area contributed by atoms with Crippen LogP contribution in [0.1, 0.15) is 48.5 Å². The third kappa shape index (κ3) is 4.73. The molecule has 0 amide bonds. The molecule has 0 unspecified atom stereocenters. The van der Waals surface area contributed by atoms with E-state index in [1.54, 1.807) is 37.1 Å². The summed E-state index contributed by atoms with van der Waals surface area (Å²) >= 11 is 0. The van der Waals surface area contributed by atoms with Gasteiger partial charge in [0, 0.05) is 30.1 Å². The van der Waals surface area contributed by atoms with E-state index in [9.17, 15) is 9.59 Å². The molecule has 0 N–H and O–H groups in total. The van der Waals surface area contributed by atoms with Gasteiger partial charge in [-0.05, 0) is 30.5 Å². The van der Waals surface area contributed by atoms with E-state index in [0.29, 0.717) is 47.2 Å². The highest BCUT2D eigenvalue weighted by Gasteiger charge is 2.18. The quantitative estimate of drug-likeness (QED) is 0.350. The second-order valence-electron chi connectivity index (χ2n) is 7.41. The Hall–Kier alpha value is -3.08. The summed E-state index contributed by atoms with van der Waals surface area (Å²) < 4.78 is 12.5. The fourth-order valence-electron chi connectivity index (χ4n) is 3.68. The number of fused-ring (bicyclic) bond motifs is 1. The Labute approximate surface area is 177 Å². The van der Waals surface area contributed by atoms with Crippen LogP contribution in [0.4, 0.5) is 0 Å². The average molecular weight is 408 g/mol. The van der Waals surface area contributed by atoms with Gasteiger partial charge >= 0.3 is 0 Å². The number of ketones is 1. The van der Waals surface area contributed by atoms with E-state index >= 15 is 0 Å². The summed E-state index contributed by atoms with van der Waals surface area (Å²) in [4.78, 5) is 26.3. The molecule has 30 heavy (non-hydrogen) atoms. The maximum Gasteiger partial charge on any atom is 0.258 e. The van der Waals surface area contributed by atoms with Gasteiger partial charge in [0.25, 0.3) is 5.56 Å². The molecule has 0 bridgehead atoms. The molecule has 5 nitrogen and oxygen atoms in total. The van der Waals surface area contributed by atoms with Crippen LogP contribution in [0.15, 0.2) is 53.5 Å². The maximum absolute atomic E-state index is 13.2. The number of carbonyl (C=O) groups excluding carboxylic acids is 1. The van der Waals surface area contributed by atoms with Gasteiger partial charge in [0.05, 0.1) is 19.6 Å². The molecular formula is C25H29NO4. The minimum absolute atomic E-state index is 0.0142. The van der Waals surface area contributed by atoms with Gasteiger partial charge in [0.15, 0.2) is 17.3 Å². The van der Waals surface area contributed by atoms with Crippen molar-refractivity contribution in [1.29, 1.82) is 0 Å². The van der Waals surface area contributed by atoms with Crippen LogP contribution in [0.25, 0.3) is 10.8 Å². The number of rotatable bonds is 10. The van der Waals surface area contributed by atoms with Crippen LogP contribution in [0, 0.1) is 0 Å². The number of Topliss-reactive ketones (excluding diaryl/α,β-unsaturated/α-hetero) is 1. The monoisotopic (exact) mass is 407 g/mol. The third-order valence-corrected chi connectivity index (χ3v) is 5.38. The molecule has 158 valence electrons. The molecule has 2 aromatic carbocycles. The lowest BCUT2D eigenvalue weighted by Crippen LogP contribution is -2.22. The van der Waals surface area contributed by atoms with E-state index < -0.39 is 0 Å². The molecule has 0 aliphatic rings. The van der Waals surface area contributed by atoms with Gasteiger partial charge in [-0.2, -0.15) is 0 Å². The second-order valence-corrected chi connectivity index (χ2v) is 7.41. The van der Waals surface area contributed by atoms with Crippen molar-refractivity contribution in [3.63, 3.8) is 0 Å². The number of hydrogen-bond acceptors (Lipinski definition) is 4. The topological polar surface area (TPSA) is 57.5 Å². The molecule has 0 radical (unpaired) electrons. The molecule has 0 spiro atoms.